The highest BCUT2D eigenvalue weighted by Gasteiger charge is 2.39. The van der Waals surface area contributed by atoms with E-state index in [9.17, 15) is 72.1 Å². The quantitative estimate of drug-likeness (QED) is 0.0329. The third-order valence-electron chi connectivity index (χ3n) is 13.7. The molecule has 0 saturated carbocycles. The Hall–Kier alpha value is -8.88. The summed E-state index contributed by atoms with van der Waals surface area (Å²) in [5, 5.41) is 41.9. The molecule has 0 radical (unpaired) electrons. The number of aliphatic carboxylic acids is 2. The molecule has 6 atom stereocenters. The summed E-state index contributed by atoms with van der Waals surface area (Å²) in [6, 6.07) is 5.46. The summed E-state index contributed by atoms with van der Waals surface area (Å²) in [6.07, 6.45) is -1.46. The van der Waals surface area contributed by atoms with Gasteiger partial charge in [0.1, 0.15) is 48.5 Å². The van der Waals surface area contributed by atoms with Gasteiger partial charge in [0.25, 0.3) is 11.8 Å². The summed E-state index contributed by atoms with van der Waals surface area (Å²) >= 11 is 0. The molecule has 0 spiro atoms. The third kappa shape index (κ3) is 20.8. The zero-order valence-electron chi connectivity index (χ0n) is 48.5. The normalized spacial score (nSPS) is 14.4. The van der Waals surface area contributed by atoms with Gasteiger partial charge >= 0.3 is 17.9 Å². The van der Waals surface area contributed by atoms with E-state index in [1.54, 1.807) is 56.7 Å². The monoisotopic (exact) mass is 1190 g/mol. The third-order valence-corrected chi connectivity index (χ3v) is 13.7. The highest BCUT2D eigenvalue weighted by Crippen LogP contribution is 2.41. The number of hydroxylamine groups is 2. The number of carbonyl (C=O) groups is 12. The molecule has 85 heavy (non-hydrogen) atoms. The second kappa shape index (κ2) is 31.7. The van der Waals surface area contributed by atoms with Crippen molar-refractivity contribution in [2.45, 2.75) is 149 Å². The molecule has 3 aromatic rings. The van der Waals surface area contributed by atoms with Crippen LogP contribution < -0.4 is 26.6 Å². The summed E-state index contributed by atoms with van der Waals surface area (Å²) in [6.45, 7) is 11.7. The van der Waals surface area contributed by atoms with E-state index in [0.717, 1.165) is 28.7 Å². The summed E-state index contributed by atoms with van der Waals surface area (Å²) in [5.74, 6) is -12.4. The molecule has 9 amide bonds. The van der Waals surface area contributed by atoms with Crippen LogP contribution in [0.15, 0.2) is 72.9 Å². The summed E-state index contributed by atoms with van der Waals surface area (Å²) in [7, 11) is 1.27. The van der Waals surface area contributed by atoms with Crippen LogP contribution in [0.4, 0.5) is 8.78 Å². The van der Waals surface area contributed by atoms with Crippen LogP contribution in [0, 0.1) is 17.0 Å². The molecule has 25 nitrogen and oxygen atoms in total. The number of likely N-dealkylation sites (N-methyl/N-ethyl adjacent to an activating group) is 1. The van der Waals surface area contributed by atoms with E-state index in [1.807, 2.05) is 18.2 Å². The molecule has 462 valence electrons. The van der Waals surface area contributed by atoms with Crippen molar-refractivity contribution in [3.8, 4) is 11.1 Å². The van der Waals surface area contributed by atoms with Gasteiger partial charge in [-0.05, 0) is 81.7 Å². The molecule has 1 saturated heterocycles. The fraction of sp³-hybridized carbons (Fsp3) is 0.483. The van der Waals surface area contributed by atoms with Crippen molar-refractivity contribution in [1.29, 1.82) is 0 Å². The Morgan fingerprint density at radius 2 is 1.41 bits per heavy atom. The summed E-state index contributed by atoms with van der Waals surface area (Å²) in [4.78, 5) is 162. The molecular weight excluding hydrogens is 1120 g/mol. The number of hydrogen-bond donors (Lipinski definition) is 8. The first-order chi connectivity index (χ1) is 39.9. The second-order valence-electron chi connectivity index (χ2n) is 21.7. The van der Waals surface area contributed by atoms with Crippen LogP contribution in [0.25, 0.3) is 11.1 Å². The van der Waals surface area contributed by atoms with Crippen LogP contribution in [-0.4, -0.2) is 163 Å². The van der Waals surface area contributed by atoms with E-state index in [-0.39, 0.29) is 56.2 Å². The maximum atomic E-state index is 15.4. The molecule has 4 rings (SSSR count). The number of imide groups is 1. The van der Waals surface area contributed by atoms with Gasteiger partial charge in [0.2, 0.25) is 41.4 Å². The Morgan fingerprint density at radius 1 is 0.776 bits per heavy atom. The minimum Gasteiger partial charge on any atom is -0.481 e. The molecule has 8 N–H and O–H groups in total. The van der Waals surface area contributed by atoms with Gasteiger partial charge in [-0.3, -0.25) is 47.9 Å². The van der Waals surface area contributed by atoms with Gasteiger partial charge in [-0.25, -0.2) is 18.4 Å². The zero-order chi connectivity index (χ0) is 63.5. The van der Waals surface area contributed by atoms with Crippen molar-refractivity contribution >= 4 is 71.1 Å². The predicted molar refractivity (Wildman–Crippen MR) is 299 cm³/mol. The minimum absolute atomic E-state index is 0.0709. The van der Waals surface area contributed by atoms with Crippen molar-refractivity contribution in [2.75, 3.05) is 26.7 Å². The van der Waals surface area contributed by atoms with Crippen molar-refractivity contribution in [1.82, 2.24) is 46.0 Å². The van der Waals surface area contributed by atoms with Crippen molar-refractivity contribution in [3.05, 3.63) is 95.8 Å². The van der Waals surface area contributed by atoms with E-state index in [4.69, 9.17) is 9.94 Å². The van der Waals surface area contributed by atoms with Gasteiger partial charge in [-0.1, -0.05) is 56.7 Å². The number of carboxylic acids is 2. The van der Waals surface area contributed by atoms with Crippen molar-refractivity contribution < 1.29 is 86.5 Å². The molecule has 0 aliphatic carbocycles. The number of aliphatic hydroxyl groups is 1. The number of halogens is 2. The first kappa shape index (κ1) is 68.6. The smallest absolute Gasteiger partial charge is 0.333 e. The zero-order valence-corrected chi connectivity index (χ0v) is 48.5. The molecule has 2 heterocycles. The van der Waals surface area contributed by atoms with Gasteiger partial charge in [-0.15, -0.1) is 11.6 Å². The Morgan fingerprint density at radius 3 is 2.01 bits per heavy atom. The van der Waals surface area contributed by atoms with Crippen LogP contribution in [0.5, 0.6) is 0 Å². The fourth-order valence-electron chi connectivity index (χ4n) is 9.22. The first-order valence-electron chi connectivity index (χ1n) is 27.4. The average Bonchev–Trinajstić information content (AvgIpc) is 2.39. The Bertz CT molecular complexity index is 2970. The van der Waals surface area contributed by atoms with Gasteiger partial charge in [0.15, 0.2) is 0 Å². The van der Waals surface area contributed by atoms with Gasteiger partial charge in [0, 0.05) is 88.2 Å². The van der Waals surface area contributed by atoms with E-state index >= 15 is 4.39 Å². The largest absolute Gasteiger partial charge is 0.481 e. The topological polar surface area (TPSA) is 350 Å². The van der Waals surface area contributed by atoms with Crippen LogP contribution in [0.1, 0.15) is 123 Å². The lowest BCUT2D eigenvalue weighted by Crippen LogP contribution is -2.58. The average molecular weight is 1190 g/mol. The number of rotatable bonds is 32. The second-order valence-corrected chi connectivity index (χ2v) is 21.7. The number of nitrogens with one attached hydrogen (secondary N) is 5. The molecule has 2 aromatic carbocycles. The van der Waals surface area contributed by atoms with Gasteiger partial charge < -0.3 is 61.1 Å². The first-order valence-corrected chi connectivity index (χ1v) is 27.4. The maximum absolute atomic E-state index is 15.4. The lowest BCUT2D eigenvalue weighted by molar-refractivity contribution is -0.197. The molecule has 1 fully saturated rings. The van der Waals surface area contributed by atoms with Crippen molar-refractivity contribution in [3.63, 3.8) is 0 Å². The van der Waals surface area contributed by atoms with Crippen molar-refractivity contribution in [2.24, 2.45) is 5.41 Å². The van der Waals surface area contributed by atoms with Crippen LogP contribution >= 0.6 is 0 Å². The predicted octanol–water partition coefficient (Wildman–Crippen LogP) is 2.79. The molecule has 0 unspecified atom stereocenters. The molecule has 1 aliphatic rings. The molecule has 1 aliphatic heterocycles. The minimum atomic E-state index is -1.61. The van der Waals surface area contributed by atoms with Crippen LogP contribution in [0.3, 0.4) is 0 Å². The molecule has 0 bridgehead atoms. The number of hydrogen-bond acceptors (Lipinski definition) is 14. The Kier molecular flexibility index (Phi) is 25.6. The number of aromatic nitrogens is 1. The Balaban J connectivity index is 1.61. The lowest BCUT2D eigenvalue weighted by Gasteiger charge is -2.41. The highest BCUT2D eigenvalue weighted by molar-refractivity contribution is 6.01. The van der Waals surface area contributed by atoms with Crippen LogP contribution in [0.2, 0.25) is 0 Å². The number of carbonyl (C=O) groups excluding carboxylic acids is 10. The maximum Gasteiger partial charge on any atom is 0.333 e. The number of amides is 9. The number of nitrogens with zero attached hydrogens (tertiary/aromatic N) is 4. The van der Waals surface area contributed by atoms with E-state index in [0.29, 0.717) is 16.3 Å². The van der Waals surface area contributed by atoms with E-state index in [1.165, 1.54) is 25.8 Å². The SMILES string of the molecule is C=C(C)C[C@H](NC(=O)[C@H](C)N(C)C(=O)[C@H](C)NC(=O)CCCC(=O)ON1C(=O)CCC1=O)C(=O)N[C@@H](CCN(C(=O)CO)[C@@H](c1cc(-c2cc(F)ccc2F)cn1Cc1ccccc1)C(C)(C)C)C(=O)NCCC(=O)N[C@H](CCC(=O)O)C(=O)O. The summed E-state index contributed by atoms with van der Waals surface area (Å²) in [5.41, 5.74) is 0.812. The highest BCUT2D eigenvalue weighted by atomic mass is 19.1. The van der Waals surface area contributed by atoms with Crippen LogP contribution in [-0.2, 0) is 68.9 Å². The van der Waals surface area contributed by atoms with E-state index < -0.39 is 170 Å². The molecule has 1 aromatic heterocycles. The molecular formula is C58H75F2N9O16. The van der Waals surface area contributed by atoms with Gasteiger partial charge in [0.05, 0.1) is 6.04 Å². The Labute approximate surface area is 489 Å². The van der Waals surface area contributed by atoms with E-state index in [2.05, 4.69) is 33.2 Å². The fourth-order valence-corrected chi connectivity index (χ4v) is 9.22. The molecule has 27 heteroatoms. The lowest BCUT2D eigenvalue weighted by atomic mass is 9.82. The van der Waals surface area contributed by atoms with Gasteiger partial charge in [-0.2, -0.15) is 0 Å². The number of carboxylic acid groups (broad SMARTS) is 2. The number of aliphatic hydroxyl groups excluding tert-OH is 1. The number of benzene rings is 2. The standard InChI is InChI=1S/C58H75F2N9O16/c1-33(2)27-43(65-53(79)35(4)66(8)56(82)34(3)62-45(71)15-12-16-51(78)85-69-47(73)20-21-48(69)74)55(81)64-41(54(80)61-25-23-46(72)63-42(57(83)84)19-22-50(76)77)24-26-68(49(75)32-70)52(58(5,6)7)44-28-37(39-29-38(59)17-18-40(39)60)31-67(44)30-36-13-10-9-11-14-36/h9-11,13-14,17-18,28-29,31,34-35,41-43,52,70H,1,12,15-16,19-27,30,32H2,2-8H3,(H,61,80)(H,62,71)(H,63,72)(H,64,81)(H,65,79)(H,76,77)(H,83,84)/t34-,35-,41-,42+,43-,52-/m0/s1. The summed E-state index contributed by atoms with van der Waals surface area (Å²) < 4.78 is 31.9.